The topological polar surface area (TPSA) is 63.7 Å². The Labute approximate surface area is 120 Å². The lowest BCUT2D eigenvalue weighted by atomic mass is 10.2. The van der Waals surface area contributed by atoms with Crippen LogP contribution in [0.3, 0.4) is 0 Å². The monoisotopic (exact) mass is 299 g/mol. The molecule has 0 aliphatic carbocycles. The van der Waals surface area contributed by atoms with Gasteiger partial charge in [0, 0.05) is 6.54 Å². The second kappa shape index (κ2) is 7.40. The summed E-state index contributed by atoms with van der Waals surface area (Å²) in [6.45, 7) is 5.72. The average molecular weight is 299 g/mol. The largest absolute Gasteiger partial charge is 0.465 e. The number of carbonyl (C=O) groups is 1. The van der Waals surface area contributed by atoms with Gasteiger partial charge in [-0.25, -0.2) is 8.42 Å². The minimum absolute atomic E-state index is 0.195. The van der Waals surface area contributed by atoms with Gasteiger partial charge in [0.25, 0.3) is 0 Å². The van der Waals surface area contributed by atoms with Crippen LogP contribution in [0.25, 0.3) is 0 Å². The summed E-state index contributed by atoms with van der Waals surface area (Å²) >= 11 is 0. The van der Waals surface area contributed by atoms with Crippen LogP contribution in [0.2, 0.25) is 0 Å². The number of rotatable bonds is 7. The standard InChI is InChI=1S/C14H21NO4S/c1-4-10-15(11-14(16)19-5-2)20(17,18)13-8-6-12(3)7-9-13/h6-9H,4-5,10-11H2,1-3H3. The highest BCUT2D eigenvalue weighted by Gasteiger charge is 2.26. The number of hydrogen-bond donors (Lipinski definition) is 0. The van der Waals surface area contributed by atoms with Crippen LogP contribution in [0, 0.1) is 6.92 Å². The van der Waals surface area contributed by atoms with Crippen molar-refractivity contribution >= 4 is 16.0 Å². The molecule has 1 aromatic rings. The number of esters is 1. The van der Waals surface area contributed by atoms with E-state index in [1.54, 1.807) is 31.2 Å². The number of sulfonamides is 1. The summed E-state index contributed by atoms with van der Waals surface area (Å²) in [6, 6.07) is 6.58. The summed E-state index contributed by atoms with van der Waals surface area (Å²) in [4.78, 5) is 11.7. The third-order valence-electron chi connectivity index (χ3n) is 2.74. The first-order chi connectivity index (χ1) is 9.41. The molecule has 0 N–H and O–H groups in total. The first-order valence-electron chi connectivity index (χ1n) is 6.64. The molecule has 0 amide bonds. The number of hydrogen-bond acceptors (Lipinski definition) is 4. The lowest BCUT2D eigenvalue weighted by Crippen LogP contribution is -2.37. The van der Waals surface area contributed by atoms with Crippen molar-refractivity contribution in [3.63, 3.8) is 0 Å². The molecule has 0 atom stereocenters. The summed E-state index contributed by atoms with van der Waals surface area (Å²) in [5.41, 5.74) is 0.983. The summed E-state index contributed by atoms with van der Waals surface area (Å²) < 4.78 is 31.0. The molecule has 6 heteroatoms. The van der Waals surface area contributed by atoms with Gasteiger partial charge in [-0.15, -0.1) is 0 Å². The molecule has 0 spiro atoms. The van der Waals surface area contributed by atoms with Crippen LogP contribution < -0.4 is 0 Å². The summed E-state index contributed by atoms with van der Waals surface area (Å²) in [7, 11) is -3.66. The first-order valence-corrected chi connectivity index (χ1v) is 8.08. The fourth-order valence-electron chi connectivity index (χ4n) is 1.74. The van der Waals surface area contributed by atoms with E-state index in [-0.39, 0.29) is 24.6 Å². The molecule has 112 valence electrons. The highest BCUT2D eigenvalue weighted by molar-refractivity contribution is 7.89. The van der Waals surface area contributed by atoms with E-state index < -0.39 is 16.0 Å². The van der Waals surface area contributed by atoms with Crippen molar-refractivity contribution in [1.82, 2.24) is 4.31 Å². The number of ether oxygens (including phenoxy) is 1. The van der Waals surface area contributed by atoms with Gasteiger partial charge in [-0.2, -0.15) is 4.31 Å². The Bertz CT molecular complexity index is 537. The Kier molecular flexibility index (Phi) is 6.16. The van der Waals surface area contributed by atoms with Crippen LogP contribution in [-0.2, 0) is 19.6 Å². The Balaban J connectivity index is 2.99. The molecule has 0 aliphatic heterocycles. The maximum absolute atomic E-state index is 12.5. The third kappa shape index (κ3) is 4.31. The van der Waals surface area contributed by atoms with Crippen LogP contribution in [0.4, 0.5) is 0 Å². The van der Waals surface area contributed by atoms with Gasteiger partial charge in [0.05, 0.1) is 11.5 Å². The van der Waals surface area contributed by atoms with Gasteiger partial charge in [-0.1, -0.05) is 24.6 Å². The SMILES string of the molecule is CCCN(CC(=O)OCC)S(=O)(=O)c1ccc(C)cc1. The van der Waals surface area contributed by atoms with Crippen LogP contribution in [0.1, 0.15) is 25.8 Å². The van der Waals surface area contributed by atoms with Crippen LogP contribution >= 0.6 is 0 Å². The zero-order valence-corrected chi connectivity index (χ0v) is 12.9. The van der Waals surface area contributed by atoms with Gasteiger partial charge < -0.3 is 4.74 Å². The second-order valence-corrected chi connectivity index (χ2v) is 6.39. The van der Waals surface area contributed by atoms with Gasteiger partial charge in [-0.3, -0.25) is 4.79 Å². The van der Waals surface area contributed by atoms with Crippen molar-refractivity contribution in [3.8, 4) is 0 Å². The first kappa shape index (κ1) is 16.7. The lowest BCUT2D eigenvalue weighted by Gasteiger charge is -2.20. The van der Waals surface area contributed by atoms with Gasteiger partial charge in [0.15, 0.2) is 0 Å². The maximum atomic E-state index is 12.5. The molecule has 20 heavy (non-hydrogen) atoms. The molecule has 0 unspecified atom stereocenters. The molecule has 1 aromatic carbocycles. The number of nitrogens with zero attached hydrogens (tertiary/aromatic N) is 1. The van der Waals surface area contributed by atoms with Crippen molar-refractivity contribution < 1.29 is 17.9 Å². The summed E-state index contributed by atoms with van der Waals surface area (Å²) in [5, 5.41) is 0. The van der Waals surface area contributed by atoms with E-state index in [1.165, 1.54) is 0 Å². The summed E-state index contributed by atoms with van der Waals surface area (Å²) in [5.74, 6) is -0.531. The molecule has 1 rings (SSSR count). The Morgan fingerprint density at radius 3 is 2.30 bits per heavy atom. The molecule has 0 bridgehead atoms. The van der Waals surface area contributed by atoms with Crippen molar-refractivity contribution in [3.05, 3.63) is 29.8 Å². The summed E-state index contributed by atoms with van der Waals surface area (Å²) in [6.07, 6.45) is 0.629. The zero-order chi connectivity index (χ0) is 15.2. The molecule has 0 radical (unpaired) electrons. The van der Waals surface area contributed by atoms with Crippen molar-refractivity contribution in [2.45, 2.75) is 32.1 Å². The highest BCUT2D eigenvalue weighted by Crippen LogP contribution is 2.16. The Hall–Kier alpha value is -1.40. The number of carbonyl (C=O) groups excluding carboxylic acids is 1. The minimum atomic E-state index is -3.66. The smallest absolute Gasteiger partial charge is 0.321 e. The Morgan fingerprint density at radius 1 is 1.20 bits per heavy atom. The number of aryl methyl sites for hydroxylation is 1. The quantitative estimate of drug-likeness (QED) is 0.722. The number of benzene rings is 1. The molecule has 0 aromatic heterocycles. The highest BCUT2D eigenvalue weighted by atomic mass is 32.2. The third-order valence-corrected chi connectivity index (χ3v) is 4.60. The fraction of sp³-hybridized carbons (Fsp3) is 0.500. The molecule has 0 aliphatic rings. The van der Waals surface area contributed by atoms with E-state index in [9.17, 15) is 13.2 Å². The Morgan fingerprint density at radius 2 is 1.80 bits per heavy atom. The van der Waals surface area contributed by atoms with Gasteiger partial charge in [-0.05, 0) is 32.4 Å². The normalized spacial score (nSPS) is 11.6. The predicted molar refractivity (Wildman–Crippen MR) is 76.9 cm³/mol. The molecular weight excluding hydrogens is 278 g/mol. The van der Waals surface area contributed by atoms with E-state index in [1.807, 2.05) is 13.8 Å². The van der Waals surface area contributed by atoms with Crippen LogP contribution in [0.15, 0.2) is 29.2 Å². The molecular formula is C14H21NO4S. The zero-order valence-electron chi connectivity index (χ0n) is 12.1. The molecule has 5 nitrogen and oxygen atoms in total. The van der Waals surface area contributed by atoms with Crippen LogP contribution in [-0.4, -0.2) is 38.4 Å². The molecule has 0 heterocycles. The molecule has 0 saturated heterocycles. The molecule has 0 saturated carbocycles. The van der Waals surface area contributed by atoms with Gasteiger partial charge in [0.1, 0.15) is 6.54 Å². The van der Waals surface area contributed by atoms with Crippen LogP contribution in [0.5, 0.6) is 0 Å². The van der Waals surface area contributed by atoms with E-state index in [0.717, 1.165) is 9.87 Å². The lowest BCUT2D eigenvalue weighted by molar-refractivity contribution is -0.143. The van der Waals surface area contributed by atoms with Gasteiger partial charge in [0.2, 0.25) is 10.0 Å². The van der Waals surface area contributed by atoms with E-state index in [2.05, 4.69) is 0 Å². The maximum Gasteiger partial charge on any atom is 0.321 e. The van der Waals surface area contributed by atoms with Crippen molar-refractivity contribution in [2.24, 2.45) is 0 Å². The van der Waals surface area contributed by atoms with E-state index >= 15 is 0 Å². The van der Waals surface area contributed by atoms with Crippen molar-refractivity contribution in [2.75, 3.05) is 19.7 Å². The van der Waals surface area contributed by atoms with E-state index in [4.69, 9.17) is 4.74 Å². The second-order valence-electron chi connectivity index (χ2n) is 4.46. The fourth-order valence-corrected chi connectivity index (χ4v) is 3.22. The molecule has 0 fully saturated rings. The minimum Gasteiger partial charge on any atom is -0.465 e. The average Bonchev–Trinajstić information content (AvgIpc) is 2.39. The van der Waals surface area contributed by atoms with Gasteiger partial charge >= 0.3 is 5.97 Å². The van der Waals surface area contributed by atoms with E-state index in [0.29, 0.717) is 6.42 Å². The predicted octanol–water partition coefficient (Wildman–Crippen LogP) is 1.96. The van der Waals surface area contributed by atoms with Crippen molar-refractivity contribution in [1.29, 1.82) is 0 Å².